The number of aromatic nitrogens is 1. The van der Waals surface area contributed by atoms with Crippen molar-refractivity contribution in [1.29, 1.82) is 0 Å². The van der Waals surface area contributed by atoms with Gasteiger partial charge in [0.05, 0.1) is 0 Å². The predicted octanol–water partition coefficient (Wildman–Crippen LogP) is 3.38. The maximum Gasteiger partial charge on any atom is 0.0455 e. The van der Waals surface area contributed by atoms with Gasteiger partial charge in [0.15, 0.2) is 0 Å². The van der Waals surface area contributed by atoms with Crippen LogP contribution in [-0.4, -0.2) is 11.0 Å². The molecule has 0 amide bonds. The molecule has 1 aromatic heterocycles. The van der Waals surface area contributed by atoms with Crippen molar-refractivity contribution in [2.75, 3.05) is 5.32 Å². The van der Waals surface area contributed by atoms with E-state index in [2.05, 4.69) is 41.5 Å². The summed E-state index contributed by atoms with van der Waals surface area (Å²) in [6.07, 6.45) is 4.76. The number of rotatable bonds is 3. The lowest BCUT2D eigenvalue weighted by Gasteiger charge is -2.14. The van der Waals surface area contributed by atoms with Crippen LogP contribution in [-0.2, 0) is 0 Å². The Morgan fingerprint density at radius 2 is 2.20 bits per heavy atom. The van der Waals surface area contributed by atoms with E-state index in [1.807, 2.05) is 6.20 Å². The first-order valence-electron chi connectivity index (χ1n) is 5.66. The maximum absolute atomic E-state index is 3.57. The Morgan fingerprint density at radius 1 is 1.33 bits per heavy atom. The lowest BCUT2D eigenvalue weighted by Crippen LogP contribution is -2.16. The van der Waals surface area contributed by atoms with Gasteiger partial charge in [-0.2, -0.15) is 0 Å². The quantitative estimate of drug-likeness (QED) is 0.781. The third-order valence-corrected chi connectivity index (χ3v) is 3.28. The molecule has 0 spiro atoms. The molecule has 2 aromatic rings. The smallest absolute Gasteiger partial charge is 0.0455 e. The summed E-state index contributed by atoms with van der Waals surface area (Å²) < 4.78 is 0. The molecule has 0 aliphatic heterocycles. The molecule has 3 rings (SSSR count). The molecule has 1 atom stereocenters. The highest BCUT2D eigenvalue weighted by atomic mass is 14.9. The van der Waals surface area contributed by atoms with E-state index in [1.165, 1.54) is 29.4 Å². The van der Waals surface area contributed by atoms with Crippen LogP contribution in [0.3, 0.4) is 0 Å². The first-order valence-corrected chi connectivity index (χ1v) is 5.66. The van der Waals surface area contributed by atoms with Crippen LogP contribution in [0, 0.1) is 5.92 Å². The number of nitrogens with one attached hydrogen (secondary N) is 2. The van der Waals surface area contributed by atoms with Gasteiger partial charge >= 0.3 is 0 Å². The number of hydrogen-bond donors (Lipinski definition) is 2. The number of hydrogen-bond acceptors (Lipinski definition) is 1. The summed E-state index contributed by atoms with van der Waals surface area (Å²) in [6, 6.07) is 9.23. The van der Waals surface area contributed by atoms with E-state index in [-0.39, 0.29) is 0 Å². The highest BCUT2D eigenvalue weighted by Gasteiger charge is 2.27. The van der Waals surface area contributed by atoms with E-state index in [4.69, 9.17) is 0 Å². The van der Waals surface area contributed by atoms with Crippen molar-refractivity contribution in [3.05, 3.63) is 30.5 Å². The van der Waals surface area contributed by atoms with Crippen molar-refractivity contribution in [2.24, 2.45) is 5.92 Å². The van der Waals surface area contributed by atoms with Crippen LogP contribution in [0.4, 0.5) is 5.69 Å². The number of fused-ring (bicyclic) bond motifs is 1. The van der Waals surface area contributed by atoms with Crippen LogP contribution in [0.15, 0.2) is 30.5 Å². The summed E-state index contributed by atoms with van der Waals surface area (Å²) in [4.78, 5) is 3.21. The minimum atomic E-state index is 0.612. The second kappa shape index (κ2) is 3.30. The molecular weight excluding hydrogens is 184 g/mol. The summed E-state index contributed by atoms with van der Waals surface area (Å²) in [7, 11) is 0. The normalized spacial score (nSPS) is 17.9. The molecule has 1 saturated carbocycles. The molecule has 1 aromatic carbocycles. The van der Waals surface area contributed by atoms with Gasteiger partial charge in [0.25, 0.3) is 0 Å². The van der Waals surface area contributed by atoms with Crippen LogP contribution in [0.2, 0.25) is 0 Å². The Labute approximate surface area is 89.7 Å². The molecule has 0 radical (unpaired) electrons. The van der Waals surface area contributed by atoms with Gasteiger partial charge in [0.2, 0.25) is 0 Å². The van der Waals surface area contributed by atoms with E-state index in [9.17, 15) is 0 Å². The van der Waals surface area contributed by atoms with Gasteiger partial charge in [-0.25, -0.2) is 0 Å². The molecule has 0 bridgehead atoms. The molecule has 2 N–H and O–H groups in total. The van der Waals surface area contributed by atoms with Crippen molar-refractivity contribution in [3.8, 4) is 0 Å². The predicted molar refractivity (Wildman–Crippen MR) is 64.1 cm³/mol. The Hall–Kier alpha value is -1.44. The summed E-state index contributed by atoms with van der Waals surface area (Å²) in [5, 5.41) is 4.85. The molecule has 78 valence electrons. The van der Waals surface area contributed by atoms with E-state index in [1.54, 1.807) is 0 Å². The van der Waals surface area contributed by atoms with Gasteiger partial charge in [-0.1, -0.05) is 0 Å². The first-order chi connectivity index (χ1) is 7.33. The lowest BCUT2D eigenvalue weighted by molar-refractivity contribution is 0.694. The molecule has 1 heterocycles. The Bertz CT molecular complexity index is 468. The fraction of sp³-hybridized carbons (Fsp3) is 0.385. The van der Waals surface area contributed by atoms with Gasteiger partial charge in [-0.05, 0) is 49.9 Å². The lowest BCUT2D eigenvalue weighted by atomic mass is 10.2. The van der Waals surface area contributed by atoms with E-state index in [0.29, 0.717) is 6.04 Å². The number of H-pyrrole nitrogens is 1. The third-order valence-electron chi connectivity index (χ3n) is 3.28. The second-order valence-electron chi connectivity index (χ2n) is 4.55. The molecule has 1 fully saturated rings. The summed E-state index contributed by atoms with van der Waals surface area (Å²) >= 11 is 0. The van der Waals surface area contributed by atoms with Crippen LogP contribution in [0.1, 0.15) is 19.8 Å². The minimum absolute atomic E-state index is 0.612. The molecule has 2 nitrogen and oxygen atoms in total. The zero-order valence-electron chi connectivity index (χ0n) is 8.96. The Kier molecular flexibility index (Phi) is 1.94. The maximum atomic E-state index is 3.57. The van der Waals surface area contributed by atoms with Gasteiger partial charge < -0.3 is 10.3 Å². The standard InChI is InChI=1S/C13H16N2/c1-9(10-2-3-10)15-12-4-5-13-11(8-12)6-7-14-13/h4-10,14-15H,2-3H2,1H3. The van der Waals surface area contributed by atoms with E-state index < -0.39 is 0 Å². The molecule has 2 heteroatoms. The van der Waals surface area contributed by atoms with Crippen LogP contribution < -0.4 is 5.32 Å². The van der Waals surface area contributed by atoms with E-state index >= 15 is 0 Å². The minimum Gasteiger partial charge on any atom is -0.382 e. The van der Waals surface area contributed by atoms with Gasteiger partial charge in [-0.15, -0.1) is 0 Å². The topological polar surface area (TPSA) is 27.8 Å². The van der Waals surface area contributed by atoms with Crippen molar-refractivity contribution >= 4 is 16.6 Å². The monoisotopic (exact) mass is 200 g/mol. The average Bonchev–Trinajstić information content (AvgIpc) is 2.98. The second-order valence-corrected chi connectivity index (χ2v) is 4.55. The fourth-order valence-corrected chi connectivity index (χ4v) is 2.12. The Morgan fingerprint density at radius 3 is 3.00 bits per heavy atom. The van der Waals surface area contributed by atoms with Crippen LogP contribution >= 0.6 is 0 Å². The molecule has 1 aliphatic rings. The third kappa shape index (κ3) is 1.72. The van der Waals surface area contributed by atoms with Crippen molar-refractivity contribution in [3.63, 3.8) is 0 Å². The van der Waals surface area contributed by atoms with E-state index in [0.717, 1.165) is 5.92 Å². The zero-order valence-corrected chi connectivity index (χ0v) is 8.96. The first kappa shape index (κ1) is 8.84. The molecule has 1 unspecified atom stereocenters. The number of benzene rings is 1. The van der Waals surface area contributed by atoms with Gasteiger partial charge in [0.1, 0.15) is 0 Å². The summed E-state index contributed by atoms with van der Waals surface area (Å²) in [5.74, 6) is 0.895. The number of aromatic amines is 1. The highest BCUT2D eigenvalue weighted by molar-refractivity contribution is 5.83. The zero-order chi connectivity index (χ0) is 10.3. The van der Waals surface area contributed by atoms with Gasteiger partial charge in [-0.3, -0.25) is 0 Å². The largest absolute Gasteiger partial charge is 0.382 e. The SMILES string of the molecule is CC(Nc1ccc2[nH]ccc2c1)C1CC1. The molecule has 0 saturated heterocycles. The van der Waals surface area contributed by atoms with Crippen LogP contribution in [0.25, 0.3) is 10.9 Å². The van der Waals surface area contributed by atoms with Crippen molar-refractivity contribution in [1.82, 2.24) is 4.98 Å². The summed E-state index contributed by atoms with van der Waals surface area (Å²) in [5.41, 5.74) is 2.45. The highest BCUT2D eigenvalue weighted by Crippen LogP contribution is 2.34. The van der Waals surface area contributed by atoms with Gasteiger partial charge in [0, 0.05) is 28.8 Å². The van der Waals surface area contributed by atoms with Crippen molar-refractivity contribution in [2.45, 2.75) is 25.8 Å². The molecular formula is C13H16N2. The van der Waals surface area contributed by atoms with Crippen LogP contribution in [0.5, 0.6) is 0 Å². The fourth-order valence-electron chi connectivity index (χ4n) is 2.12. The average molecular weight is 200 g/mol. The van der Waals surface area contributed by atoms with Crippen molar-refractivity contribution < 1.29 is 0 Å². The molecule has 1 aliphatic carbocycles. The Balaban J connectivity index is 1.83. The summed E-state index contributed by atoms with van der Waals surface area (Å²) in [6.45, 7) is 2.28. The number of anilines is 1. The molecule has 15 heavy (non-hydrogen) atoms.